The van der Waals surface area contributed by atoms with Crippen LogP contribution in [-0.4, -0.2) is 25.8 Å². The maximum absolute atomic E-state index is 5.99. The largest absolute Gasteiger partial charge is 0.496 e. The quantitative estimate of drug-likeness (QED) is 0.874. The van der Waals surface area contributed by atoms with Gasteiger partial charge in [0.15, 0.2) is 0 Å². The first kappa shape index (κ1) is 13.4. The van der Waals surface area contributed by atoms with Crippen LogP contribution in [0, 0.1) is 13.8 Å². The minimum Gasteiger partial charge on any atom is -0.496 e. The second-order valence-electron chi connectivity index (χ2n) is 5.67. The Hall–Kier alpha value is -1.06. The van der Waals surface area contributed by atoms with Crippen molar-refractivity contribution in [3.05, 3.63) is 28.8 Å². The molecule has 2 rings (SSSR count). The molecule has 3 nitrogen and oxygen atoms in total. The molecule has 0 saturated carbocycles. The summed E-state index contributed by atoms with van der Waals surface area (Å²) in [5, 5.41) is 3.53. The molecule has 1 unspecified atom stereocenters. The van der Waals surface area contributed by atoms with Crippen LogP contribution in [0.25, 0.3) is 0 Å². The van der Waals surface area contributed by atoms with E-state index in [-0.39, 0.29) is 11.6 Å². The van der Waals surface area contributed by atoms with Gasteiger partial charge in [-0.2, -0.15) is 0 Å². The maximum atomic E-state index is 5.99. The minimum absolute atomic E-state index is 0.0753. The van der Waals surface area contributed by atoms with E-state index in [9.17, 15) is 0 Å². The van der Waals surface area contributed by atoms with Crippen LogP contribution in [-0.2, 0) is 4.74 Å². The molecule has 1 N–H and O–H groups in total. The summed E-state index contributed by atoms with van der Waals surface area (Å²) in [5.74, 6) is 0.945. The van der Waals surface area contributed by atoms with E-state index in [2.05, 4.69) is 39.1 Å². The molecule has 0 radical (unpaired) electrons. The molecule has 1 atom stereocenters. The highest BCUT2D eigenvalue weighted by Crippen LogP contribution is 2.31. The fraction of sp³-hybridized carbons (Fsp3) is 0.600. The van der Waals surface area contributed by atoms with E-state index in [0.717, 1.165) is 18.9 Å². The second kappa shape index (κ2) is 4.90. The summed E-state index contributed by atoms with van der Waals surface area (Å²) in [6.45, 7) is 10.2. The Labute approximate surface area is 109 Å². The first-order valence-electron chi connectivity index (χ1n) is 6.45. The molecule has 0 aliphatic carbocycles. The fourth-order valence-corrected chi connectivity index (χ4v) is 2.37. The SMILES string of the molecule is COc1ccc(C2CNC(C)(C)CO2)c(C)c1C. The number of hydrogen-bond acceptors (Lipinski definition) is 3. The van der Waals surface area contributed by atoms with Crippen molar-refractivity contribution in [1.82, 2.24) is 5.32 Å². The standard InChI is InChI=1S/C15H23NO2/c1-10-11(2)13(17-5)7-6-12(10)14-8-16-15(3,4)9-18-14/h6-7,14,16H,8-9H2,1-5H3. The summed E-state index contributed by atoms with van der Waals surface area (Å²) in [5.41, 5.74) is 3.80. The van der Waals surface area contributed by atoms with Crippen molar-refractivity contribution in [2.24, 2.45) is 0 Å². The molecule has 0 bridgehead atoms. The molecule has 0 amide bonds. The van der Waals surface area contributed by atoms with E-state index in [1.54, 1.807) is 7.11 Å². The number of hydrogen-bond donors (Lipinski definition) is 1. The summed E-state index contributed by atoms with van der Waals surface area (Å²) >= 11 is 0. The lowest BCUT2D eigenvalue weighted by Gasteiger charge is -2.36. The molecule has 3 heteroatoms. The van der Waals surface area contributed by atoms with Gasteiger partial charge in [0.1, 0.15) is 5.75 Å². The van der Waals surface area contributed by atoms with E-state index >= 15 is 0 Å². The molecule has 18 heavy (non-hydrogen) atoms. The van der Waals surface area contributed by atoms with Crippen molar-refractivity contribution in [2.45, 2.75) is 39.3 Å². The number of ether oxygens (including phenoxy) is 2. The molecule has 1 aromatic carbocycles. The van der Waals surface area contributed by atoms with Gasteiger partial charge in [0, 0.05) is 12.1 Å². The van der Waals surface area contributed by atoms with Crippen molar-refractivity contribution in [1.29, 1.82) is 0 Å². The highest BCUT2D eigenvalue weighted by Gasteiger charge is 2.28. The van der Waals surface area contributed by atoms with Gasteiger partial charge in [-0.1, -0.05) is 6.07 Å². The zero-order chi connectivity index (χ0) is 13.3. The molecule has 100 valence electrons. The summed E-state index contributed by atoms with van der Waals surface area (Å²) in [6, 6.07) is 4.15. The number of methoxy groups -OCH3 is 1. The third-order valence-electron chi connectivity index (χ3n) is 3.76. The average molecular weight is 249 g/mol. The Balaban J connectivity index is 2.22. The number of morpholine rings is 1. The van der Waals surface area contributed by atoms with Gasteiger partial charge in [-0.3, -0.25) is 0 Å². The molecule has 1 aliphatic rings. The monoisotopic (exact) mass is 249 g/mol. The molecule has 0 aromatic heterocycles. The number of nitrogens with one attached hydrogen (secondary N) is 1. The summed E-state index contributed by atoms with van der Waals surface area (Å²) < 4.78 is 11.3. The van der Waals surface area contributed by atoms with E-state index in [4.69, 9.17) is 9.47 Å². The smallest absolute Gasteiger partial charge is 0.122 e. The van der Waals surface area contributed by atoms with Crippen LogP contribution in [0.1, 0.15) is 36.6 Å². The van der Waals surface area contributed by atoms with Crippen LogP contribution in [0.3, 0.4) is 0 Å². The van der Waals surface area contributed by atoms with Crippen molar-refractivity contribution in [3.8, 4) is 5.75 Å². The van der Waals surface area contributed by atoms with Gasteiger partial charge in [0.05, 0.1) is 19.8 Å². The van der Waals surface area contributed by atoms with Crippen LogP contribution in [0.15, 0.2) is 12.1 Å². The highest BCUT2D eigenvalue weighted by molar-refractivity contribution is 5.44. The predicted octanol–water partition coefficient (Wildman–Crippen LogP) is 2.75. The summed E-state index contributed by atoms with van der Waals surface area (Å²) in [7, 11) is 1.71. The Morgan fingerprint density at radius 2 is 2.00 bits per heavy atom. The van der Waals surface area contributed by atoms with Crippen molar-refractivity contribution < 1.29 is 9.47 Å². The average Bonchev–Trinajstić information content (AvgIpc) is 2.33. The van der Waals surface area contributed by atoms with Gasteiger partial charge >= 0.3 is 0 Å². The van der Waals surface area contributed by atoms with E-state index in [1.165, 1.54) is 16.7 Å². The summed E-state index contributed by atoms with van der Waals surface area (Å²) in [4.78, 5) is 0. The molecule has 0 spiro atoms. The normalized spacial score (nSPS) is 22.8. The lowest BCUT2D eigenvalue weighted by Crippen LogP contribution is -2.50. The molecular weight excluding hydrogens is 226 g/mol. The minimum atomic E-state index is 0.0753. The van der Waals surface area contributed by atoms with Gasteiger partial charge in [0.2, 0.25) is 0 Å². The highest BCUT2D eigenvalue weighted by atomic mass is 16.5. The predicted molar refractivity (Wildman–Crippen MR) is 73.2 cm³/mol. The van der Waals surface area contributed by atoms with Crippen molar-refractivity contribution in [2.75, 3.05) is 20.3 Å². The first-order valence-corrected chi connectivity index (χ1v) is 6.45. The van der Waals surface area contributed by atoms with Crippen molar-refractivity contribution >= 4 is 0 Å². The van der Waals surface area contributed by atoms with Gasteiger partial charge in [-0.05, 0) is 50.5 Å². The van der Waals surface area contributed by atoms with Gasteiger partial charge in [-0.25, -0.2) is 0 Å². The topological polar surface area (TPSA) is 30.5 Å². The van der Waals surface area contributed by atoms with Crippen LogP contribution in [0.5, 0.6) is 5.75 Å². The van der Waals surface area contributed by atoms with E-state index in [1.807, 2.05) is 6.07 Å². The Morgan fingerprint density at radius 3 is 2.56 bits per heavy atom. The second-order valence-corrected chi connectivity index (χ2v) is 5.67. The third kappa shape index (κ3) is 2.52. The molecule has 1 aromatic rings. The third-order valence-corrected chi connectivity index (χ3v) is 3.76. The van der Waals surface area contributed by atoms with Crippen LogP contribution in [0.2, 0.25) is 0 Å². The molecule has 1 aliphatic heterocycles. The van der Waals surface area contributed by atoms with Crippen LogP contribution < -0.4 is 10.1 Å². The van der Waals surface area contributed by atoms with E-state index in [0.29, 0.717) is 0 Å². The van der Waals surface area contributed by atoms with Gasteiger partial charge < -0.3 is 14.8 Å². The first-order chi connectivity index (χ1) is 8.44. The van der Waals surface area contributed by atoms with Gasteiger partial charge in [-0.15, -0.1) is 0 Å². The van der Waals surface area contributed by atoms with E-state index < -0.39 is 0 Å². The van der Waals surface area contributed by atoms with Crippen molar-refractivity contribution in [3.63, 3.8) is 0 Å². The fourth-order valence-electron chi connectivity index (χ4n) is 2.37. The number of benzene rings is 1. The lowest BCUT2D eigenvalue weighted by molar-refractivity contribution is -0.0232. The van der Waals surface area contributed by atoms with Gasteiger partial charge in [0.25, 0.3) is 0 Å². The number of rotatable bonds is 2. The Morgan fingerprint density at radius 1 is 1.28 bits per heavy atom. The zero-order valence-corrected chi connectivity index (χ0v) is 12.0. The van der Waals surface area contributed by atoms with Crippen LogP contribution >= 0.6 is 0 Å². The zero-order valence-electron chi connectivity index (χ0n) is 12.0. The molecular formula is C15H23NO2. The lowest BCUT2D eigenvalue weighted by atomic mass is 9.95. The molecule has 1 fully saturated rings. The molecule has 1 heterocycles. The maximum Gasteiger partial charge on any atom is 0.122 e. The molecule has 1 saturated heterocycles. The Kier molecular flexibility index (Phi) is 3.64. The Bertz CT molecular complexity index is 430. The van der Waals surface area contributed by atoms with Crippen LogP contribution in [0.4, 0.5) is 0 Å². The summed E-state index contributed by atoms with van der Waals surface area (Å²) in [6.07, 6.45) is 0.141.